The summed E-state index contributed by atoms with van der Waals surface area (Å²) in [5.41, 5.74) is 0.0911. The molecule has 1 fully saturated rings. The number of carboxylic acid groups (broad SMARTS) is 1. The predicted molar refractivity (Wildman–Crippen MR) is 70.4 cm³/mol. The summed E-state index contributed by atoms with van der Waals surface area (Å²) in [6, 6.07) is 5.87. The lowest BCUT2D eigenvalue weighted by molar-refractivity contribution is -0.146. The average Bonchev–Trinajstić information content (AvgIpc) is 3.01. The van der Waals surface area contributed by atoms with Gasteiger partial charge in [0.1, 0.15) is 5.82 Å². The normalized spacial score (nSPS) is 30.4. The number of benzene rings is 1. The Morgan fingerprint density at radius 2 is 1.80 bits per heavy atom. The summed E-state index contributed by atoms with van der Waals surface area (Å²) in [7, 11) is 0. The van der Waals surface area contributed by atoms with Crippen molar-refractivity contribution in [3.63, 3.8) is 0 Å². The number of allylic oxidation sites excluding steroid dienone is 2. The van der Waals surface area contributed by atoms with Crippen molar-refractivity contribution >= 4 is 17.6 Å². The fourth-order valence-electron chi connectivity index (χ4n) is 3.29. The van der Waals surface area contributed by atoms with E-state index < -0.39 is 29.5 Å². The number of hydrogen-bond donors (Lipinski definition) is 2. The molecule has 5 heteroatoms. The smallest absolute Gasteiger partial charge is 0.307 e. The molecule has 3 rings (SSSR count). The number of halogens is 1. The monoisotopic (exact) mass is 275 g/mol. The van der Waals surface area contributed by atoms with Gasteiger partial charge in [0, 0.05) is 0 Å². The molecule has 20 heavy (non-hydrogen) atoms. The van der Waals surface area contributed by atoms with Crippen LogP contribution in [0.3, 0.4) is 0 Å². The summed E-state index contributed by atoms with van der Waals surface area (Å²) < 4.78 is 13.5. The molecule has 0 spiro atoms. The summed E-state index contributed by atoms with van der Waals surface area (Å²) in [6.07, 6.45) is 4.46. The van der Waals surface area contributed by atoms with Gasteiger partial charge in [0.2, 0.25) is 5.91 Å². The molecular weight excluding hydrogens is 261 g/mol. The molecule has 104 valence electrons. The van der Waals surface area contributed by atoms with Gasteiger partial charge in [-0.1, -0.05) is 24.3 Å². The molecule has 1 amide bonds. The number of nitrogens with one attached hydrogen (secondary N) is 1. The molecule has 1 aromatic rings. The number of rotatable bonds is 3. The molecule has 0 aromatic heterocycles. The van der Waals surface area contributed by atoms with Crippen LogP contribution in [0.15, 0.2) is 36.4 Å². The Morgan fingerprint density at radius 3 is 2.45 bits per heavy atom. The first-order chi connectivity index (χ1) is 9.58. The maximum atomic E-state index is 13.5. The minimum absolute atomic E-state index is 0.0622. The minimum atomic E-state index is -0.962. The highest BCUT2D eigenvalue weighted by Gasteiger charge is 2.51. The van der Waals surface area contributed by atoms with E-state index in [0.717, 1.165) is 0 Å². The second-order valence-corrected chi connectivity index (χ2v) is 5.31. The lowest BCUT2D eigenvalue weighted by Gasteiger charge is -2.23. The molecule has 2 aliphatic carbocycles. The van der Waals surface area contributed by atoms with Crippen molar-refractivity contribution in [2.45, 2.75) is 6.42 Å². The molecule has 1 saturated carbocycles. The number of fused-ring (bicyclic) bond motifs is 2. The average molecular weight is 275 g/mol. The molecule has 0 aliphatic heterocycles. The van der Waals surface area contributed by atoms with Gasteiger partial charge in [-0.2, -0.15) is 0 Å². The summed E-state index contributed by atoms with van der Waals surface area (Å²) in [6.45, 7) is 0. The Balaban J connectivity index is 1.82. The molecule has 2 bridgehead atoms. The van der Waals surface area contributed by atoms with Crippen LogP contribution in [0, 0.1) is 29.5 Å². The van der Waals surface area contributed by atoms with Gasteiger partial charge in [0.15, 0.2) is 0 Å². The number of aliphatic carboxylic acids is 1. The van der Waals surface area contributed by atoms with Crippen molar-refractivity contribution in [3.8, 4) is 0 Å². The third kappa shape index (κ3) is 1.99. The molecule has 2 N–H and O–H groups in total. The Morgan fingerprint density at radius 1 is 1.15 bits per heavy atom. The Kier molecular flexibility index (Phi) is 3.04. The second kappa shape index (κ2) is 4.74. The number of hydrogen-bond acceptors (Lipinski definition) is 2. The van der Waals surface area contributed by atoms with Crippen LogP contribution < -0.4 is 5.32 Å². The highest BCUT2D eigenvalue weighted by Crippen LogP contribution is 2.48. The van der Waals surface area contributed by atoms with Crippen molar-refractivity contribution in [3.05, 3.63) is 42.2 Å². The van der Waals surface area contributed by atoms with Crippen molar-refractivity contribution < 1.29 is 19.1 Å². The van der Waals surface area contributed by atoms with E-state index >= 15 is 0 Å². The highest BCUT2D eigenvalue weighted by molar-refractivity contribution is 5.96. The summed E-state index contributed by atoms with van der Waals surface area (Å²) in [4.78, 5) is 23.6. The van der Waals surface area contributed by atoms with Crippen molar-refractivity contribution in [1.29, 1.82) is 0 Å². The first-order valence-electron chi connectivity index (χ1n) is 6.54. The minimum Gasteiger partial charge on any atom is -0.481 e. The number of amides is 1. The van der Waals surface area contributed by atoms with Crippen LogP contribution in [0.1, 0.15) is 6.42 Å². The molecular formula is C15H14FNO3. The number of anilines is 1. The number of para-hydroxylation sites is 1. The Bertz CT molecular complexity index is 599. The molecule has 0 saturated heterocycles. The second-order valence-electron chi connectivity index (χ2n) is 5.31. The molecule has 2 aliphatic rings. The van der Waals surface area contributed by atoms with E-state index in [-0.39, 0.29) is 17.5 Å². The first-order valence-corrected chi connectivity index (χ1v) is 6.54. The number of carbonyl (C=O) groups is 2. The van der Waals surface area contributed by atoms with Crippen LogP contribution >= 0.6 is 0 Å². The molecule has 4 nitrogen and oxygen atoms in total. The van der Waals surface area contributed by atoms with E-state index in [0.29, 0.717) is 6.42 Å². The van der Waals surface area contributed by atoms with E-state index in [1.807, 2.05) is 12.2 Å². The summed E-state index contributed by atoms with van der Waals surface area (Å²) in [5.74, 6) is -3.39. The van der Waals surface area contributed by atoms with E-state index in [2.05, 4.69) is 5.32 Å². The van der Waals surface area contributed by atoms with E-state index in [4.69, 9.17) is 0 Å². The zero-order valence-corrected chi connectivity index (χ0v) is 10.6. The predicted octanol–water partition coefficient (Wildman–Crippen LogP) is 2.29. The van der Waals surface area contributed by atoms with Crippen molar-refractivity contribution in [2.75, 3.05) is 5.32 Å². The maximum Gasteiger partial charge on any atom is 0.307 e. The van der Waals surface area contributed by atoms with Crippen LogP contribution in [0.25, 0.3) is 0 Å². The van der Waals surface area contributed by atoms with Crippen LogP contribution in [-0.2, 0) is 9.59 Å². The largest absolute Gasteiger partial charge is 0.481 e. The number of carboxylic acids is 1. The van der Waals surface area contributed by atoms with Gasteiger partial charge in [-0.15, -0.1) is 0 Å². The standard InChI is InChI=1S/C15H14FNO3/c16-10-3-1-2-4-11(10)17-14(18)12-8-5-6-9(7-8)13(12)15(19)20/h1-6,8-9,12-13H,7H2,(H,17,18)(H,19,20)/t8-,9+,12-,13+/m1/s1. The molecule has 0 heterocycles. The molecule has 0 unspecified atom stereocenters. The fraction of sp³-hybridized carbons (Fsp3) is 0.333. The Labute approximate surface area is 115 Å². The third-order valence-electron chi connectivity index (χ3n) is 4.18. The first kappa shape index (κ1) is 12.8. The zero-order valence-electron chi connectivity index (χ0n) is 10.6. The molecule has 0 radical (unpaired) electrons. The van der Waals surface area contributed by atoms with Crippen LogP contribution in [0.4, 0.5) is 10.1 Å². The van der Waals surface area contributed by atoms with E-state index in [9.17, 15) is 19.1 Å². The van der Waals surface area contributed by atoms with Gasteiger partial charge in [-0.3, -0.25) is 9.59 Å². The zero-order chi connectivity index (χ0) is 14.3. The van der Waals surface area contributed by atoms with Gasteiger partial charge in [-0.05, 0) is 30.4 Å². The number of carbonyl (C=O) groups excluding carboxylic acids is 1. The Hall–Kier alpha value is -2.17. The third-order valence-corrected chi connectivity index (χ3v) is 4.18. The molecule has 4 atom stereocenters. The van der Waals surface area contributed by atoms with Crippen molar-refractivity contribution in [2.24, 2.45) is 23.7 Å². The molecule has 1 aromatic carbocycles. The highest BCUT2D eigenvalue weighted by atomic mass is 19.1. The van der Waals surface area contributed by atoms with Gasteiger partial charge in [0.05, 0.1) is 17.5 Å². The lowest BCUT2D eigenvalue weighted by atomic mass is 9.82. The fourth-order valence-corrected chi connectivity index (χ4v) is 3.29. The van der Waals surface area contributed by atoms with Gasteiger partial charge < -0.3 is 10.4 Å². The van der Waals surface area contributed by atoms with Crippen LogP contribution in [0.5, 0.6) is 0 Å². The van der Waals surface area contributed by atoms with Gasteiger partial charge in [0.25, 0.3) is 0 Å². The quantitative estimate of drug-likeness (QED) is 0.832. The van der Waals surface area contributed by atoms with Crippen LogP contribution in [0.2, 0.25) is 0 Å². The summed E-state index contributed by atoms with van der Waals surface area (Å²) in [5, 5.41) is 11.8. The summed E-state index contributed by atoms with van der Waals surface area (Å²) >= 11 is 0. The van der Waals surface area contributed by atoms with E-state index in [1.165, 1.54) is 18.2 Å². The van der Waals surface area contributed by atoms with Gasteiger partial charge in [-0.25, -0.2) is 4.39 Å². The maximum absolute atomic E-state index is 13.5. The lowest BCUT2D eigenvalue weighted by Crippen LogP contribution is -2.36. The van der Waals surface area contributed by atoms with Crippen LogP contribution in [-0.4, -0.2) is 17.0 Å². The topological polar surface area (TPSA) is 66.4 Å². The van der Waals surface area contributed by atoms with Crippen molar-refractivity contribution in [1.82, 2.24) is 0 Å². The van der Waals surface area contributed by atoms with E-state index in [1.54, 1.807) is 6.07 Å². The SMILES string of the molecule is O=C(O)[C@@H]1[C@H](C(=O)Nc2ccccc2F)[C@@H]2C=C[C@H]1C2. The van der Waals surface area contributed by atoms with Gasteiger partial charge >= 0.3 is 5.97 Å².